The summed E-state index contributed by atoms with van der Waals surface area (Å²) in [4.78, 5) is 11.0. The first-order valence-electron chi connectivity index (χ1n) is 5.55. The standard InChI is InChI=1S/C15H16O2/c1-3-4-5-9-12-15(17-13(2)16)14-10-7-6-8-11-14/h3-4,6-8,10-11,15H,5H2,1-2H3/b4-3+. The van der Waals surface area contributed by atoms with Crippen LogP contribution in [0, 0.1) is 11.8 Å². The van der Waals surface area contributed by atoms with Gasteiger partial charge >= 0.3 is 5.97 Å². The zero-order valence-electron chi connectivity index (χ0n) is 10.1. The average molecular weight is 228 g/mol. The Morgan fingerprint density at radius 3 is 2.71 bits per heavy atom. The van der Waals surface area contributed by atoms with Crippen molar-refractivity contribution in [3.05, 3.63) is 48.0 Å². The van der Waals surface area contributed by atoms with Crippen LogP contribution >= 0.6 is 0 Å². The van der Waals surface area contributed by atoms with Crippen LogP contribution in [-0.2, 0) is 9.53 Å². The fraction of sp³-hybridized carbons (Fsp3) is 0.267. The summed E-state index contributed by atoms with van der Waals surface area (Å²) in [5.74, 6) is 5.61. The number of hydrogen-bond acceptors (Lipinski definition) is 2. The fourth-order valence-electron chi connectivity index (χ4n) is 1.30. The number of carbonyl (C=O) groups is 1. The number of esters is 1. The topological polar surface area (TPSA) is 26.3 Å². The minimum absolute atomic E-state index is 0.320. The molecule has 0 bridgehead atoms. The molecule has 0 aliphatic heterocycles. The lowest BCUT2D eigenvalue weighted by Crippen LogP contribution is -2.06. The van der Waals surface area contributed by atoms with Gasteiger partial charge in [-0.3, -0.25) is 4.79 Å². The molecule has 0 spiro atoms. The van der Waals surface area contributed by atoms with Gasteiger partial charge in [0, 0.05) is 18.9 Å². The minimum Gasteiger partial charge on any atom is -0.444 e. The van der Waals surface area contributed by atoms with E-state index in [9.17, 15) is 4.79 Å². The largest absolute Gasteiger partial charge is 0.444 e. The molecule has 1 rings (SSSR count). The monoisotopic (exact) mass is 228 g/mol. The van der Waals surface area contributed by atoms with Crippen molar-refractivity contribution < 1.29 is 9.53 Å². The van der Waals surface area contributed by atoms with Gasteiger partial charge in [-0.25, -0.2) is 0 Å². The van der Waals surface area contributed by atoms with E-state index in [1.165, 1.54) is 6.92 Å². The normalized spacial score (nSPS) is 11.6. The molecule has 0 saturated heterocycles. The van der Waals surface area contributed by atoms with Gasteiger partial charge in [0.15, 0.2) is 6.10 Å². The van der Waals surface area contributed by atoms with Crippen molar-refractivity contribution in [3.63, 3.8) is 0 Å². The minimum atomic E-state index is -0.473. The summed E-state index contributed by atoms with van der Waals surface area (Å²) in [7, 11) is 0. The summed E-state index contributed by atoms with van der Waals surface area (Å²) in [5.41, 5.74) is 0.899. The van der Waals surface area contributed by atoms with Crippen LogP contribution in [0.5, 0.6) is 0 Å². The number of ether oxygens (including phenoxy) is 1. The van der Waals surface area contributed by atoms with Crippen molar-refractivity contribution in [1.82, 2.24) is 0 Å². The molecule has 0 aromatic heterocycles. The van der Waals surface area contributed by atoms with Crippen molar-refractivity contribution >= 4 is 5.97 Å². The summed E-state index contributed by atoms with van der Waals surface area (Å²) < 4.78 is 5.18. The van der Waals surface area contributed by atoms with Gasteiger partial charge in [0.1, 0.15) is 0 Å². The van der Waals surface area contributed by atoms with Gasteiger partial charge < -0.3 is 4.74 Å². The van der Waals surface area contributed by atoms with Gasteiger partial charge in [-0.1, -0.05) is 54.3 Å². The Hall–Kier alpha value is -2.01. The highest BCUT2D eigenvalue weighted by Gasteiger charge is 2.10. The summed E-state index contributed by atoms with van der Waals surface area (Å²) in [5, 5.41) is 0. The lowest BCUT2D eigenvalue weighted by atomic mass is 10.1. The van der Waals surface area contributed by atoms with E-state index in [0.29, 0.717) is 6.42 Å². The lowest BCUT2D eigenvalue weighted by molar-refractivity contribution is -0.144. The summed E-state index contributed by atoms with van der Waals surface area (Å²) in [6, 6.07) is 9.52. The third-order valence-corrected chi connectivity index (χ3v) is 2.07. The van der Waals surface area contributed by atoms with E-state index in [1.54, 1.807) is 0 Å². The molecule has 2 nitrogen and oxygen atoms in total. The smallest absolute Gasteiger partial charge is 0.304 e. The van der Waals surface area contributed by atoms with Gasteiger partial charge in [0.25, 0.3) is 0 Å². The number of allylic oxidation sites excluding steroid dienone is 2. The second-order valence-corrected chi connectivity index (χ2v) is 3.49. The van der Waals surface area contributed by atoms with Crippen molar-refractivity contribution in [2.75, 3.05) is 0 Å². The lowest BCUT2D eigenvalue weighted by Gasteiger charge is -2.10. The molecule has 88 valence electrons. The third-order valence-electron chi connectivity index (χ3n) is 2.07. The van der Waals surface area contributed by atoms with E-state index in [1.807, 2.05) is 49.4 Å². The summed E-state index contributed by atoms with van der Waals surface area (Å²) in [6.45, 7) is 3.34. The first kappa shape index (κ1) is 13.1. The van der Waals surface area contributed by atoms with Crippen LogP contribution in [0.4, 0.5) is 0 Å². The Balaban J connectivity index is 2.80. The highest BCUT2D eigenvalue weighted by atomic mass is 16.5. The highest BCUT2D eigenvalue weighted by Crippen LogP contribution is 2.16. The second kappa shape index (κ2) is 7.29. The zero-order chi connectivity index (χ0) is 12.5. The summed E-state index contributed by atoms with van der Waals surface area (Å²) >= 11 is 0. The van der Waals surface area contributed by atoms with Gasteiger partial charge in [-0.15, -0.1) is 0 Å². The molecular weight excluding hydrogens is 212 g/mol. The number of benzene rings is 1. The van der Waals surface area contributed by atoms with Crippen molar-refractivity contribution in [2.24, 2.45) is 0 Å². The molecule has 0 amide bonds. The molecule has 0 radical (unpaired) electrons. The van der Waals surface area contributed by atoms with Crippen LogP contribution < -0.4 is 0 Å². The van der Waals surface area contributed by atoms with E-state index in [0.717, 1.165) is 5.56 Å². The number of rotatable bonds is 3. The second-order valence-electron chi connectivity index (χ2n) is 3.49. The zero-order valence-corrected chi connectivity index (χ0v) is 10.1. The summed E-state index contributed by atoms with van der Waals surface area (Å²) in [6.07, 6.45) is 4.10. The van der Waals surface area contributed by atoms with Crippen molar-refractivity contribution in [1.29, 1.82) is 0 Å². The molecular formula is C15H16O2. The molecule has 0 aliphatic rings. The Morgan fingerprint density at radius 2 is 2.12 bits per heavy atom. The first-order valence-corrected chi connectivity index (χ1v) is 5.55. The first-order chi connectivity index (χ1) is 8.24. The molecule has 0 saturated carbocycles. The van der Waals surface area contributed by atoms with Gasteiger partial charge in [0.2, 0.25) is 0 Å². The molecule has 1 aromatic rings. The quantitative estimate of drug-likeness (QED) is 0.451. The van der Waals surface area contributed by atoms with Crippen LogP contribution in [0.25, 0.3) is 0 Å². The van der Waals surface area contributed by atoms with E-state index in [-0.39, 0.29) is 5.97 Å². The maximum Gasteiger partial charge on any atom is 0.304 e. The molecule has 0 heterocycles. The number of carbonyl (C=O) groups excluding carboxylic acids is 1. The van der Waals surface area contributed by atoms with E-state index in [4.69, 9.17) is 4.74 Å². The molecule has 1 unspecified atom stereocenters. The molecule has 2 heteroatoms. The van der Waals surface area contributed by atoms with Crippen molar-refractivity contribution in [3.8, 4) is 11.8 Å². The Bertz CT molecular complexity index is 435. The molecule has 0 N–H and O–H groups in total. The number of hydrogen-bond donors (Lipinski definition) is 0. The van der Waals surface area contributed by atoms with Gasteiger partial charge in [-0.05, 0) is 6.92 Å². The maximum atomic E-state index is 11.0. The van der Waals surface area contributed by atoms with E-state index in [2.05, 4.69) is 11.8 Å². The molecule has 0 aliphatic carbocycles. The van der Waals surface area contributed by atoms with Crippen LogP contribution in [0.15, 0.2) is 42.5 Å². The Morgan fingerprint density at radius 1 is 1.41 bits per heavy atom. The predicted octanol–water partition coefficient (Wildman–Crippen LogP) is 3.26. The fourth-order valence-corrected chi connectivity index (χ4v) is 1.30. The van der Waals surface area contributed by atoms with Gasteiger partial charge in [0.05, 0.1) is 0 Å². The Labute approximate surface area is 102 Å². The van der Waals surface area contributed by atoms with Crippen LogP contribution in [0.1, 0.15) is 31.9 Å². The third kappa shape index (κ3) is 5.03. The van der Waals surface area contributed by atoms with Crippen LogP contribution in [0.3, 0.4) is 0 Å². The molecule has 1 aromatic carbocycles. The average Bonchev–Trinajstić information content (AvgIpc) is 2.34. The molecule has 0 fully saturated rings. The van der Waals surface area contributed by atoms with E-state index >= 15 is 0 Å². The van der Waals surface area contributed by atoms with Crippen LogP contribution in [-0.4, -0.2) is 5.97 Å². The highest BCUT2D eigenvalue weighted by molar-refractivity contribution is 5.66. The molecule has 1 atom stereocenters. The SMILES string of the molecule is C/C=C/CC#CC(OC(C)=O)c1ccccc1. The predicted molar refractivity (Wildman–Crippen MR) is 68.2 cm³/mol. The van der Waals surface area contributed by atoms with Crippen LogP contribution in [0.2, 0.25) is 0 Å². The van der Waals surface area contributed by atoms with Crippen molar-refractivity contribution in [2.45, 2.75) is 26.4 Å². The van der Waals surface area contributed by atoms with E-state index < -0.39 is 6.10 Å². The Kier molecular flexibility index (Phi) is 5.60. The molecule has 17 heavy (non-hydrogen) atoms. The van der Waals surface area contributed by atoms with Gasteiger partial charge in [-0.2, -0.15) is 0 Å². The maximum absolute atomic E-state index is 11.0.